The molecule has 1 aliphatic heterocycles. The number of aryl methyl sites for hydroxylation is 1. The molecule has 1 aliphatic rings. The first-order valence-electron chi connectivity index (χ1n) is 6.55. The van der Waals surface area contributed by atoms with E-state index in [4.69, 9.17) is 4.74 Å². The van der Waals surface area contributed by atoms with Gasteiger partial charge in [0.1, 0.15) is 5.60 Å². The van der Waals surface area contributed by atoms with Crippen molar-refractivity contribution in [3.8, 4) is 0 Å². The van der Waals surface area contributed by atoms with Crippen molar-refractivity contribution in [1.29, 1.82) is 0 Å². The minimum atomic E-state index is -0.445. The van der Waals surface area contributed by atoms with Crippen LogP contribution in [0.15, 0.2) is 18.3 Å². The first kappa shape index (κ1) is 13.6. The third-order valence-corrected chi connectivity index (χ3v) is 2.94. The molecule has 5 nitrogen and oxygen atoms in total. The van der Waals surface area contributed by atoms with Crippen LogP contribution in [-0.2, 0) is 4.74 Å². The highest BCUT2D eigenvalue weighted by molar-refractivity contribution is 5.69. The molecule has 0 saturated heterocycles. The summed E-state index contributed by atoms with van der Waals surface area (Å²) in [5.41, 5.74) is 1.80. The Balaban J connectivity index is 2.00. The van der Waals surface area contributed by atoms with Gasteiger partial charge in [0.25, 0.3) is 0 Å². The molecule has 0 aromatic carbocycles. The van der Waals surface area contributed by atoms with Gasteiger partial charge < -0.3 is 9.64 Å². The SMILES string of the molecule is Cc1ccnn1C1=CCN(C(=O)OC(C)(C)C)CC1. The lowest BCUT2D eigenvalue weighted by molar-refractivity contribution is 0.0269. The average Bonchev–Trinajstić information content (AvgIpc) is 2.73. The molecule has 0 N–H and O–H groups in total. The molecule has 0 fully saturated rings. The number of rotatable bonds is 1. The molecule has 1 aromatic rings. The highest BCUT2D eigenvalue weighted by atomic mass is 16.6. The van der Waals surface area contributed by atoms with Crippen molar-refractivity contribution in [1.82, 2.24) is 14.7 Å². The van der Waals surface area contributed by atoms with Crippen LogP contribution in [0.4, 0.5) is 4.79 Å². The Morgan fingerprint density at radius 2 is 2.16 bits per heavy atom. The molecule has 0 atom stereocenters. The Morgan fingerprint density at radius 3 is 2.63 bits per heavy atom. The van der Waals surface area contributed by atoms with Crippen LogP contribution in [0.5, 0.6) is 0 Å². The van der Waals surface area contributed by atoms with Gasteiger partial charge in [0.05, 0.1) is 0 Å². The summed E-state index contributed by atoms with van der Waals surface area (Å²) in [6.45, 7) is 8.90. The number of aromatic nitrogens is 2. The maximum atomic E-state index is 11.9. The van der Waals surface area contributed by atoms with E-state index in [0.717, 1.165) is 17.8 Å². The van der Waals surface area contributed by atoms with Crippen LogP contribution in [0.25, 0.3) is 5.70 Å². The molecular formula is C14H21N3O2. The van der Waals surface area contributed by atoms with E-state index in [0.29, 0.717) is 13.1 Å². The maximum absolute atomic E-state index is 11.9. The van der Waals surface area contributed by atoms with E-state index in [1.165, 1.54) is 0 Å². The molecule has 0 saturated carbocycles. The summed E-state index contributed by atoms with van der Waals surface area (Å²) in [6.07, 6.45) is 4.37. The summed E-state index contributed by atoms with van der Waals surface area (Å²) in [5.74, 6) is 0. The molecule has 2 heterocycles. The monoisotopic (exact) mass is 263 g/mol. The lowest BCUT2D eigenvalue weighted by atomic mass is 10.2. The zero-order valence-corrected chi connectivity index (χ0v) is 12.0. The number of carbonyl (C=O) groups is 1. The lowest BCUT2D eigenvalue weighted by Crippen LogP contribution is -2.39. The van der Waals surface area contributed by atoms with E-state index in [9.17, 15) is 4.79 Å². The van der Waals surface area contributed by atoms with E-state index in [1.54, 1.807) is 11.1 Å². The van der Waals surface area contributed by atoms with Crippen LogP contribution in [0.1, 0.15) is 32.9 Å². The van der Waals surface area contributed by atoms with Crippen molar-refractivity contribution in [2.24, 2.45) is 0 Å². The second-order valence-corrected chi connectivity index (χ2v) is 5.76. The maximum Gasteiger partial charge on any atom is 0.410 e. The summed E-state index contributed by atoms with van der Waals surface area (Å²) in [7, 11) is 0. The third-order valence-electron chi connectivity index (χ3n) is 2.94. The zero-order chi connectivity index (χ0) is 14.0. The van der Waals surface area contributed by atoms with Crippen LogP contribution in [0, 0.1) is 6.92 Å². The number of amides is 1. The van der Waals surface area contributed by atoms with E-state index in [1.807, 2.05) is 44.5 Å². The second-order valence-electron chi connectivity index (χ2n) is 5.76. The van der Waals surface area contributed by atoms with Gasteiger partial charge in [-0.15, -0.1) is 0 Å². The Morgan fingerprint density at radius 1 is 1.42 bits per heavy atom. The molecule has 1 aromatic heterocycles. The van der Waals surface area contributed by atoms with Crippen LogP contribution in [-0.4, -0.2) is 39.5 Å². The van der Waals surface area contributed by atoms with Gasteiger partial charge >= 0.3 is 6.09 Å². The lowest BCUT2D eigenvalue weighted by Gasteiger charge is -2.29. The first-order chi connectivity index (χ1) is 8.87. The molecule has 0 spiro atoms. The molecular weight excluding hydrogens is 242 g/mol. The van der Waals surface area contributed by atoms with Gasteiger partial charge in [-0.05, 0) is 39.8 Å². The van der Waals surface area contributed by atoms with Gasteiger partial charge in [0.2, 0.25) is 0 Å². The van der Waals surface area contributed by atoms with Crippen molar-refractivity contribution in [3.05, 3.63) is 24.0 Å². The van der Waals surface area contributed by atoms with Gasteiger partial charge in [0.15, 0.2) is 0 Å². The Bertz CT molecular complexity index is 497. The summed E-state index contributed by atoms with van der Waals surface area (Å²) < 4.78 is 7.29. The van der Waals surface area contributed by atoms with Crippen LogP contribution in [0.3, 0.4) is 0 Å². The summed E-state index contributed by atoms with van der Waals surface area (Å²) in [5, 5.41) is 4.28. The van der Waals surface area contributed by atoms with Crippen molar-refractivity contribution >= 4 is 11.8 Å². The molecule has 5 heteroatoms. The predicted molar refractivity (Wildman–Crippen MR) is 73.7 cm³/mol. The molecule has 0 aliphatic carbocycles. The third kappa shape index (κ3) is 3.36. The summed E-state index contributed by atoms with van der Waals surface area (Å²) >= 11 is 0. The summed E-state index contributed by atoms with van der Waals surface area (Å²) in [6, 6.07) is 1.97. The molecule has 2 rings (SSSR count). The largest absolute Gasteiger partial charge is 0.444 e. The Hall–Kier alpha value is -1.78. The Kier molecular flexibility index (Phi) is 3.64. The fourth-order valence-electron chi connectivity index (χ4n) is 2.01. The average molecular weight is 263 g/mol. The van der Waals surface area contributed by atoms with E-state index >= 15 is 0 Å². The molecule has 104 valence electrons. The number of nitrogens with zero attached hydrogens (tertiary/aromatic N) is 3. The number of ether oxygens (including phenoxy) is 1. The number of hydrogen-bond donors (Lipinski definition) is 0. The number of carbonyl (C=O) groups excluding carboxylic acids is 1. The molecule has 0 bridgehead atoms. The smallest absolute Gasteiger partial charge is 0.410 e. The van der Waals surface area contributed by atoms with Crippen molar-refractivity contribution < 1.29 is 9.53 Å². The molecule has 0 radical (unpaired) electrons. The minimum absolute atomic E-state index is 0.250. The fraction of sp³-hybridized carbons (Fsp3) is 0.571. The van der Waals surface area contributed by atoms with E-state index in [2.05, 4.69) is 5.10 Å². The van der Waals surface area contributed by atoms with Crippen molar-refractivity contribution in [3.63, 3.8) is 0 Å². The fourth-order valence-corrected chi connectivity index (χ4v) is 2.01. The van der Waals surface area contributed by atoms with E-state index in [-0.39, 0.29) is 6.09 Å². The van der Waals surface area contributed by atoms with Crippen molar-refractivity contribution in [2.45, 2.75) is 39.7 Å². The normalized spacial score (nSPS) is 16.2. The predicted octanol–water partition coefficient (Wildman–Crippen LogP) is 2.67. The standard InChI is InChI=1S/C14H21N3O2/c1-11-5-8-15-17(11)12-6-9-16(10-7-12)13(18)19-14(2,3)4/h5-6,8H,7,9-10H2,1-4H3. The van der Waals surface area contributed by atoms with Crippen LogP contribution < -0.4 is 0 Å². The molecule has 19 heavy (non-hydrogen) atoms. The van der Waals surface area contributed by atoms with Crippen molar-refractivity contribution in [2.75, 3.05) is 13.1 Å². The molecule has 0 unspecified atom stereocenters. The number of hydrogen-bond acceptors (Lipinski definition) is 3. The van der Waals surface area contributed by atoms with Gasteiger partial charge in [-0.2, -0.15) is 5.10 Å². The van der Waals surface area contributed by atoms with Gasteiger partial charge in [-0.25, -0.2) is 9.48 Å². The van der Waals surface area contributed by atoms with E-state index < -0.39 is 5.60 Å². The minimum Gasteiger partial charge on any atom is -0.444 e. The zero-order valence-electron chi connectivity index (χ0n) is 12.0. The molecule has 1 amide bonds. The highest BCUT2D eigenvalue weighted by Gasteiger charge is 2.24. The Labute approximate surface area is 113 Å². The van der Waals surface area contributed by atoms with Gasteiger partial charge in [-0.1, -0.05) is 0 Å². The van der Waals surface area contributed by atoms with Crippen LogP contribution >= 0.6 is 0 Å². The van der Waals surface area contributed by atoms with Gasteiger partial charge in [-0.3, -0.25) is 0 Å². The summed E-state index contributed by atoms with van der Waals surface area (Å²) in [4.78, 5) is 13.6. The van der Waals surface area contributed by atoms with Crippen LogP contribution in [0.2, 0.25) is 0 Å². The topological polar surface area (TPSA) is 47.4 Å². The second kappa shape index (κ2) is 5.07. The highest BCUT2D eigenvalue weighted by Crippen LogP contribution is 2.19. The quantitative estimate of drug-likeness (QED) is 0.782. The first-order valence-corrected chi connectivity index (χ1v) is 6.55. The van der Waals surface area contributed by atoms with Gasteiger partial charge in [0, 0.05) is 37.1 Å².